The molecule has 2 heterocycles. The van der Waals surface area contributed by atoms with Crippen LogP contribution >= 0.6 is 0 Å². The Hall–Kier alpha value is -0.570. The van der Waals surface area contributed by atoms with Gasteiger partial charge in [-0.3, -0.25) is 4.79 Å². The molecule has 0 spiro atoms. The molecule has 11 heavy (non-hydrogen) atoms. The summed E-state index contributed by atoms with van der Waals surface area (Å²) < 4.78 is 0. The number of aliphatic carboxylic acids is 1. The van der Waals surface area contributed by atoms with Crippen LogP contribution in [0.15, 0.2) is 0 Å². The van der Waals surface area contributed by atoms with Gasteiger partial charge in [-0.25, -0.2) is 0 Å². The van der Waals surface area contributed by atoms with Crippen LogP contribution in [0.4, 0.5) is 0 Å². The van der Waals surface area contributed by atoms with Crippen molar-refractivity contribution in [2.75, 3.05) is 19.6 Å². The highest BCUT2D eigenvalue weighted by Crippen LogP contribution is 2.34. The van der Waals surface area contributed by atoms with Gasteiger partial charge in [0, 0.05) is 19.5 Å². The first-order valence-corrected chi connectivity index (χ1v) is 4.20. The molecule has 0 aromatic rings. The Balaban J connectivity index is 1.92. The zero-order valence-electron chi connectivity index (χ0n) is 6.49. The Bertz CT molecular complexity index is 181. The van der Waals surface area contributed by atoms with Crippen LogP contribution in [0.5, 0.6) is 0 Å². The second kappa shape index (κ2) is 2.48. The molecule has 0 radical (unpaired) electrons. The molecule has 2 aliphatic rings. The van der Waals surface area contributed by atoms with Crippen LogP contribution in [0.3, 0.4) is 0 Å². The molecule has 0 aromatic heterocycles. The summed E-state index contributed by atoms with van der Waals surface area (Å²) in [6, 6.07) is 0. The van der Waals surface area contributed by atoms with Gasteiger partial charge in [0.05, 0.1) is 0 Å². The van der Waals surface area contributed by atoms with Gasteiger partial charge in [-0.05, 0) is 24.8 Å². The molecule has 2 fully saturated rings. The number of rotatable bonds is 2. The van der Waals surface area contributed by atoms with Crippen molar-refractivity contribution in [2.45, 2.75) is 12.8 Å². The number of nitrogens with zero attached hydrogens (tertiary/aromatic N) is 1. The summed E-state index contributed by atoms with van der Waals surface area (Å²) in [4.78, 5) is 12.8. The van der Waals surface area contributed by atoms with Crippen molar-refractivity contribution < 1.29 is 9.90 Å². The third kappa shape index (κ3) is 1.25. The number of fused-ring (bicyclic) bond motifs is 2. The predicted octanol–water partition coefficient (Wildman–Crippen LogP) is 0.413. The second-order valence-electron chi connectivity index (χ2n) is 3.67. The molecule has 2 saturated heterocycles. The second-order valence-corrected chi connectivity index (χ2v) is 3.67. The van der Waals surface area contributed by atoms with E-state index in [0.29, 0.717) is 18.3 Å². The van der Waals surface area contributed by atoms with Gasteiger partial charge in [-0.2, -0.15) is 0 Å². The normalized spacial score (nSPS) is 41.3. The van der Waals surface area contributed by atoms with E-state index in [1.165, 1.54) is 13.0 Å². The summed E-state index contributed by atoms with van der Waals surface area (Å²) in [6.07, 6.45) is 1.60. The van der Waals surface area contributed by atoms with E-state index in [1.807, 2.05) is 0 Å². The summed E-state index contributed by atoms with van der Waals surface area (Å²) in [5, 5.41) is 8.58. The number of carboxylic acids is 1. The summed E-state index contributed by atoms with van der Waals surface area (Å²) in [6.45, 7) is 3.37. The average molecular weight is 155 g/mol. The van der Waals surface area contributed by atoms with Gasteiger partial charge in [-0.15, -0.1) is 0 Å². The van der Waals surface area contributed by atoms with Gasteiger partial charge in [0.15, 0.2) is 0 Å². The molecule has 3 nitrogen and oxygen atoms in total. The van der Waals surface area contributed by atoms with Crippen LogP contribution in [0, 0.1) is 11.8 Å². The Kier molecular flexibility index (Phi) is 1.60. The predicted molar refractivity (Wildman–Crippen MR) is 40.3 cm³/mol. The molecule has 3 heteroatoms. The minimum Gasteiger partial charge on any atom is -0.481 e. The first-order chi connectivity index (χ1) is 5.25. The van der Waals surface area contributed by atoms with Gasteiger partial charge < -0.3 is 10.0 Å². The van der Waals surface area contributed by atoms with Gasteiger partial charge >= 0.3 is 5.97 Å². The number of carboxylic acid groups (broad SMARTS) is 1. The third-order valence-corrected chi connectivity index (χ3v) is 2.91. The summed E-state index contributed by atoms with van der Waals surface area (Å²) in [5.74, 6) is 0.496. The topological polar surface area (TPSA) is 40.5 Å². The van der Waals surface area contributed by atoms with E-state index in [2.05, 4.69) is 4.90 Å². The maximum absolute atomic E-state index is 10.4. The lowest BCUT2D eigenvalue weighted by molar-refractivity contribution is -0.138. The van der Waals surface area contributed by atoms with Crippen LogP contribution < -0.4 is 0 Å². The summed E-state index contributed by atoms with van der Waals surface area (Å²) >= 11 is 0. The molecule has 3 atom stereocenters. The fraction of sp³-hybridized carbons (Fsp3) is 0.875. The number of carbonyl (C=O) groups is 1. The highest BCUT2D eigenvalue weighted by Gasteiger charge is 2.38. The van der Waals surface area contributed by atoms with Gasteiger partial charge in [0.1, 0.15) is 0 Å². The molecular weight excluding hydrogens is 142 g/mol. The van der Waals surface area contributed by atoms with Gasteiger partial charge in [0.25, 0.3) is 0 Å². The van der Waals surface area contributed by atoms with E-state index in [4.69, 9.17) is 5.11 Å². The minimum atomic E-state index is -0.635. The van der Waals surface area contributed by atoms with Crippen LogP contribution in [0.2, 0.25) is 0 Å². The molecule has 2 aliphatic heterocycles. The van der Waals surface area contributed by atoms with Crippen LogP contribution in [0.25, 0.3) is 0 Å². The highest BCUT2D eigenvalue weighted by atomic mass is 16.4. The maximum atomic E-state index is 10.4. The molecule has 2 rings (SSSR count). The van der Waals surface area contributed by atoms with Crippen LogP contribution in [0.1, 0.15) is 12.8 Å². The van der Waals surface area contributed by atoms with Crippen molar-refractivity contribution in [1.82, 2.24) is 4.90 Å². The van der Waals surface area contributed by atoms with Crippen molar-refractivity contribution in [3.05, 3.63) is 0 Å². The first-order valence-electron chi connectivity index (χ1n) is 4.20. The number of piperidine rings is 1. The molecule has 62 valence electrons. The lowest BCUT2D eigenvalue weighted by atomic mass is 9.90. The van der Waals surface area contributed by atoms with Gasteiger partial charge in [-0.1, -0.05) is 0 Å². The van der Waals surface area contributed by atoms with Gasteiger partial charge in [0.2, 0.25) is 0 Å². The monoisotopic (exact) mass is 155 g/mol. The molecule has 2 bridgehead atoms. The van der Waals surface area contributed by atoms with E-state index in [1.54, 1.807) is 0 Å². The maximum Gasteiger partial charge on any atom is 0.303 e. The molecule has 2 unspecified atom stereocenters. The van der Waals surface area contributed by atoms with E-state index in [9.17, 15) is 4.79 Å². The SMILES string of the molecule is O=C(O)C[C@@H]1CN2CCC1C2. The van der Waals surface area contributed by atoms with Crippen molar-refractivity contribution in [2.24, 2.45) is 11.8 Å². The fourth-order valence-electron chi connectivity index (χ4n) is 2.35. The smallest absolute Gasteiger partial charge is 0.303 e. The summed E-state index contributed by atoms with van der Waals surface area (Å²) in [7, 11) is 0. The molecular formula is C8H13NO2. The lowest BCUT2D eigenvalue weighted by Gasteiger charge is -2.19. The Morgan fingerprint density at radius 2 is 2.36 bits per heavy atom. The first kappa shape index (κ1) is 7.10. The molecule has 0 aromatic carbocycles. The zero-order valence-corrected chi connectivity index (χ0v) is 6.49. The minimum absolute atomic E-state index is 0.376. The third-order valence-electron chi connectivity index (χ3n) is 2.91. The van der Waals surface area contributed by atoms with E-state index in [0.717, 1.165) is 13.1 Å². The largest absolute Gasteiger partial charge is 0.481 e. The fourth-order valence-corrected chi connectivity index (χ4v) is 2.35. The Morgan fingerprint density at radius 1 is 1.55 bits per heavy atom. The quantitative estimate of drug-likeness (QED) is 0.628. The Labute approximate surface area is 66.0 Å². The Morgan fingerprint density at radius 3 is 2.82 bits per heavy atom. The highest BCUT2D eigenvalue weighted by molar-refractivity contribution is 5.67. The molecule has 0 amide bonds. The van der Waals surface area contributed by atoms with E-state index in [-0.39, 0.29) is 0 Å². The number of hydrogen-bond acceptors (Lipinski definition) is 2. The van der Waals surface area contributed by atoms with Crippen LogP contribution in [-0.2, 0) is 4.79 Å². The standard InChI is InChI=1S/C8H13NO2/c10-8(11)3-7-5-9-2-1-6(7)4-9/h6-7H,1-5H2,(H,10,11)/t6?,7-/m1/s1. The van der Waals surface area contributed by atoms with Crippen molar-refractivity contribution in [3.8, 4) is 0 Å². The van der Waals surface area contributed by atoms with Crippen LogP contribution in [-0.4, -0.2) is 35.6 Å². The average Bonchev–Trinajstić information content (AvgIpc) is 2.45. The van der Waals surface area contributed by atoms with E-state index >= 15 is 0 Å². The zero-order chi connectivity index (χ0) is 7.84. The van der Waals surface area contributed by atoms with E-state index < -0.39 is 5.97 Å². The molecule has 0 aliphatic carbocycles. The van der Waals surface area contributed by atoms with Crippen molar-refractivity contribution in [3.63, 3.8) is 0 Å². The lowest BCUT2D eigenvalue weighted by Crippen LogP contribution is -2.25. The van der Waals surface area contributed by atoms with Crippen molar-refractivity contribution >= 4 is 5.97 Å². The summed E-state index contributed by atoms with van der Waals surface area (Å²) in [5.41, 5.74) is 0. The molecule has 1 N–H and O–H groups in total. The molecule has 0 saturated carbocycles. The van der Waals surface area contributed by atoms with Crippen molar-refractivity contribution in [1.29, 1.82) is 0 Å². The number of hydrogen-bond donors (Lipinski definition) is 1.